The molecular weight excluding hydrogens is 391 g/mol. The second-order valence-electron chi connectivity index (χ2n) is 5.39. The number of amides is 2. The first-order valence-electron chi connectivity index (χ1n) is 7.86. The Balaban J connectivity index is 2.10. The number of carbonyl (C=O) groups is 2. The Hall–Kier alpha value is -1.74. The van der Waals surface area contributed by atoms with E-state index in [0.29, 0.717) is 18.3 Å². The van der Waals surface area contributed by atoms with E-state index < -0.39 is 22.9 Å². The number of amidine groups is 1. The number of carbonyl (C=O) groups excluding carboxylic acids is 2. The maximum atomic E-state index is 12.8. The van der Waals surface area contributed by atoms with E-state index in [1.165, 1.54) is 16.7 Å². The van der Waals surface area contributed by atoms with Gasteiger partial charge in [0.2, 0.25) is 11.8 Å². The zero-order valence-corrected chi connectivity index (χ0v) is 15.6. The predicted molar refractivity (Wildman–Crippen MR) is 96.4 cm³/mol. The van der Waals surface area contributed by atoms with Gasteiger partial charge in [-0.25, -0.2) is 0 Å². The number of halogens is 4. The molecular formula is C16H17ClF3N3O2S. The zero-order valence-electron chi connectivity index (χ0n) is 14.1. The lowest BCUT2D eigenvalue weighted by atomic mass is 10.2. The summed E-state index contributed by atoms with van der Waals surface area (Å²) in [5.74, 6) is -0.833. The van der Waals surface area contributed by atoms with E-state index in [1.807, 2.05) is 6.92 Å². The van der Waals surface area contributed by atoms with Gasteiger partial charge in [0, 0.05) is 19.5 Å². The first kappa shape index (κ1) is 20.6. The molecule has 1 aromatic carbocycles. The topological polar surface area (TPSA) is 61.8 Å². The smallest absolute Gasteiger partial charge is 0.325 e. The molecule has 0 saturated carbocycles. The average molecular weight is 408 g/mol. The van der Waals surface area contributed by atoms with Crippen LogP contribution in [-0.4, -0.2) is 40.2 Å². The van der Waals surface area contributed by atoms with Crippen LogP contribution in [0.2, 0.25) is 5.02 Å². The summed E-state index contributed by atoms with van der Waals surface area (Å²) < 4.78 is 38.4. The van der Waals surface area contributed by atoms with Crippen LogP contribution in [0.15, 0.2) is 23.2 Å². The van der Waals surface area contributed by atoms with E-state index in [0.717, 1.165) is 18.2 Å². The van der Waals surface area contributed by atoms with Crippen molar-refractivity contribution in [3.8, 4) is 0 Å². The van der Waals surface area contributed by atoms with Crippen molar-refractivity contribution in [1.82, 2.24) is 4.90 Å². The number of anilines is 1. The number of hydrogen-bond donors (Lipinski definition) is 1. The van der Waals surface area contributed by atoms with Crippen molar-refractivity contribution in [2.45, 2.75) is 31.7 Å². The first-order chi connectivity index (χ1) is 12.2. The van der Waals surface area contributed by atoms with Crippen LogP contribution in [0, 0.1) is 0 Å². The Kier molecular flexibility index (Phi) is 6.57. The molecule has 1 aliphatic rings. The fraction of sp³-hybridized carbons (Fsp3) is 0.438. The van der Waals surface area contributed by atoms with Gasteiger partial charge in [-0.3, -0.25) is 19.5 Å². The molecule has 2 rings (SSSR count). The summed E-state index contributed by atoms with van der Waals surface area (Å²) in [7, 11) is 0. The highest BCUT2D eigenvalue weighted by atomic mass is 35.5. The minimum Gasteiger partial charge on any atom is -0.325 e. The van der Waals surface area contributed by atoms with E-state index >= 15 is 0 Å². The standard InChI is InChI=1S/C16H17ClF3N3O2S/c1-3-21-15-23(4-2)14(25)12(26-15)8-13(24)22-11-7-9(16(18,19)20)5-6-10(11)17/h5-7,12H,3-4,8H2,1-2H3,(H,22,24). The van der Waals surface area contributed by atoms with E-state index in [-0.39, 0.29) is 23.0 Å². The minimum atomic E-state index is -4.55. The van der Waals surface area contributed by atoms with Gasteiger partial charge in [0.1, 0.15) is 5.25 Å². The zero-order chi connectivity index (χ0) is 19.5. The van der Waals surface area contributed by atoms with Crippen molar-refractivity contribution >= 4 is 46.0 Å². The van der Waals surface area contributed by atoms with E-state index in [4.69, 9.17) is 11.6 Å². The fourth-order valence-electron chi connectivity index (χ4n) is 2.35. The molecule has 0 radical (unpaired) electrons. The number of benzene rings is 1. The van der Waals surface area contributed by atoms with Gasteiger partial charge in [-0.1, -0.05) is 23.4 Å². The molecule has 1 saturated heterocycles. The fourth-order valence-corrected chi connectivity index (χ4v) is 3.79. The molecule has 26 heavy (non-hydrogen) atoms. The molecule has 2 amide bonds. The maximum Gasteiger partial charge on any atom is 0.416 e. The Morgan fingerprint density at radius 1 is 1.38 bits per heavy atom. The molecule has 1 N–H and O–H groups in total. The normalized spacial score (nSPS) is 19.3. The molecule has 0 aliphatic carbocycles. The summed E-state index contributed by atoms with van der Waals surface area (Å²) in [6.45, 7) is 4.57. The molecule has 0 aromatic heterocycles. The highest BCUT2D eigenvalue weighted by Gasteiger charge is 2.38. The highest BCUT2D eigenvalue weighted by Crippen LogP contribution is 2.34. The summed E-state index contributed by atoms with van der Waals surface area (Å²) >= 11 is 7.04. The number of aliphatic imine (C=N–C) groups is 1. The van der Waals surface area contributed by atoms with Gasteiger partial charge in [0.15, 0.2) is 5.17 Å². The van der Waals surface area contributed by atoms with E-state index in [2.05, 4.69) is 10.3 Å². The average Bonchev–Trinajstić information content (AvgIpc) is 2.83. The molecule has 1 unspecified atom stereocenters. The van der Waals surface area contributed by atoms with Crippen molar-refractivity contribution in [2.75, 3.05) is 18.4 Å². The summed E-state index contributed by atoms with van der Waals surface area (Å²) in [5, 5.41) is 2.23. The maximum absolute atomic E-state index is 12.8. The number of hydrogen-bond acceptors (Lipinski definition) is 4. The summed E-state index contributed by atoms with van der Waals surface area (Å²) in [4.78, 5) is 30.3. The minimum absolute atomic E-state index is 0.0137. The van der Waals surface area contributed by atoms with Crippen molar-refractivity contribution < 1.29 is 22.8 Å². The lowest BCUT2D eigenvalue weighted by Gasteiger charge is -2.14. The Bertz CT molecular complexity index is 740. The third kappa shape index (κ3) is 4.70. The summed E-state index contributed by atoms with van der Waals surface area (Å²) in [6, 6.07) is 2.67. The van der Waals surface area contributed by atoms with Crippen LogP contribution < -0.4 is 5.32 Å². The Morgan fingerprint density at radius 3 is 2.65 bits per heavy atom. The molecule has 0 bridgehead atoms. The molecule has 1 heterocycles. The number of rotatable bonds is 5. The SMILES string of the molecule is CCN=C1SC(CC(=O)Nc2cc(C(F)(F)F)ccc2Cl)C(=O)N1CC. The number of alkyl halides is 3. The highest BCUT2D eigenvalue weighted by molar-refractivity contribution is 8.15. The van der Waals surface area contributed by atoms with Crippen LogP contribution in [0.5, 0.6) is 0 Å². The van der Waals surface area contributed by atoms with Crippen LogP contribution in [0.4, 0.5) is 18.9 Å². The second kappa shape index (κ2) is 8.30. The quantitative estimate of drug-likeness (QED) is 0.801. The van der Waals surface area contributed by atoms with Crippen LogP contribution in [0.1, 0.15) is 25.8 Å². The van der Waals surface area contributed by atoms with Gasteiger partial charge >= 0.3 is 6.18 Å². The van der Waals surface area contributed by atoms with Crippen molar-refractivity contribution in [2.24, 2.45) is 4.99 Å². The molecule has 0 spiro atoms. The lowest BCUT2D eigenvalue weighted by Crippen LogP contribution is -2.33. The number of thioether (sulfide) groups is 1. The molecule has 1 atom stereocenters. The monoisotopic (exact) mass is 407 g/mol. The van der Waals surface area contributed by atoms with Crippen LogP contribution in [0.25, 0.3) is 0 Å². The van der Waals surface area contributed by atoms with Crippen LogP contribution >= 0.6 is 23.4 Å². The first-order valence-corrected chi connectivity index (χ1v) is 9.12. The summed E-state index contributed by atoms with van der Waals surface area (Å²) in [6.07, 6.45) is -4.73. The molecule has 142 valence electrons. The largest absolute Gasteiger partial charge is 0.416 e. The van der Waals surface area contributed by atoms with Gasteiger partial charge in [0.05, 0.1) is 16.3 Å². The second-order valence-corrected chi connectivity index (χ2v) is 6.97. The molecule has 1 fully saturated rings. The van der Waals surface area contributed by atoms with Crippen LogP contribution in [0.3, 0.4) is 0 Å². The van der Waals surface area contributed by atoms with E-state index in [1.54, 1.807) is 6.92 Å². The van der Waals surface area contributed by atoms with Gasteiger partial charge < -0.3 is 5.32 Å². The van der Waals surface area contributed by atoms with Gasteiger partial charge in [-0.2, -0.15) is 13.2 Å². The molecule has 1 aromatic rings. The number of nitrogens with zero attached hydrogens (tertiary/aromatic N) is 2. The molecule has 5 nitrogen and oxygen atoms in total. The van der Waals surface area contributed by atoms with Gasteiger partial charge in [-0.05, 0) is 32.0 Å². The van der Waals surface area contributed by atoms with Crippen LogP contribution in [-0.2, 0) is 15.8 Å². The molecule has 1 aliphatic heterocycles. The Labute approximate surface area is 158 Å². The summed E-state index contributed by atoms with van der Waals surface area (Å²) in [5.41, 5.74) is -1.06. The van der Waals surface area contributed by atoms with Crippen molar-refractivity contribution in [3.63, 3.8) is 0 Å². The lowest BCUT2D eigenvalue weighted by molar-refractivity contribution is -0.137. The van der Waals surface area contributed by atoms with E-state index in [9.17, 15) is 22.8 Å². The predicted octanol–water partition coefficient (Wildman–Crippen LogP) is 4.03. The Morgan fingerprint density at radius 2 is 2.08 bits per heavy atom. The van der Waals surface area contributed by atoms with Gasteiger partial charge in [0.25, 0.3) is 0 Å². The van der Waals surface area contributed by atoms with Gasteiger partial charge in [-0.15, -0.1) is 0 Å². The number of nitrogens with one attached hydrogen (secondary N) is 1. The van der Waals surface area contributed by atoms with Crippen molar-refractivity contribution in [3.05, 3.63) is 28.8 Å². The molecule has 10 heteroatoms. The third-order valence-corrected chi connectivity index (χ3v) is 5.11. The third-order valence-electron chi connectivity index (χ3n) is 3.57. The van der Waals surface area contributed by atoms with Crippen molar-refractivity contribution in [1.29, 1.82) is 0 Å².